The van der Waals surface area contributed by atoms with E-state index in [1.807, 2.05) is 18.2 Å². The maximum Gasteiger partial charge on any atom is 0.252 e. The van der Waals surface area contributed by atoms with Crippen LogP contribution in [0, 0.1) is 0 Å². The molecule has 1 atom stereocenters. The average molecular weight is 335 g/mol. The van der Waals surface area contributed by atoms with Gasteiger partial charge < -0.3 is 9.72 Å². The van der Waals surface area contributed by atoms with E-state index in [1.165, 1.54) is 19.3 Å². The lowest BCUT2D eigenvalue weighted by atomic mass is 9.99. The normalized spacial score (nSPS) is 19.3. The number of nitrogens with zero attached hydrogens (tertiary/aromatic N) is 1. The molecule has 2 heterocycles. The number of H-pyrrole nitrogens is 1. The van der Waals surface area contributed by atoms with Crippen LogP contribution in [0.2, 0.25) is 5.02 Å². The molecule has 1 N–H and O–H groups in total. The molecule has 5 heteroatoms. The smallest absolute Gasteiger partial charge is 0.252 e. The summed E-state index contributed by atoms with van der Waals surface area (Å²) >= 11 is 5.99. The minimum atomic E-state index is -0.0177. The Morgan fingerprint density at radius 2 is 2.22 bits per heavy atom. The van der Waals surface area contributed by atoms with Gasteiger partial charge in [-0.1, -0.05) is 24.1 Å². The number of methoxy groups -OCH3 is 1. The van der Waals surface area contributed by atoms with E-state index in [1.54, 1.807) is 13.2 Å². The van der Waals surface area contributed by atoms with Gasteiger partial charge in [0.1, 0.15) is 0 Å². The van der Waals surface area contributed by atoms with Gasteiger partial charge in [-0.05, 0) is 49.4 Å². The average Bonchev–Trinajstić information content (AvgIpc) is 2.55. The molecule has 1 aromatic carbocycles. The number of nitrogens with one attached hydrogen (secondary N) is 1. The molecule has 4 nitrogen and oxygen atoms in total. The Morgan fingerprint density at radius 3 is 3.04 bits per heavy atom. The number of hydrogen-bond donors (Lipinski definition) is 1. The number of aromatic nitrogens is 1. The molecule has 1 aliphatic heterocycles. The molecule has 0 saturated carbocycles. The van der Waals surface area contributed by atoms with Crippen LogP contribution < -0.4 is 5.56 Å². The lowest BCUT2D eigenvalue weighted by Gasteiger charge is -2.35. The van der Waals surface area contributed by atoms with Gasteiger partial charge in [0.15, 0.2) is 0 Å². The van der Waals surface area contributed by atoms with Crippen LogP contribution in [0.1, 0.15) is 31.2 Å². The molecule has 124 valence electrons. The SMILES string of the molecule is COCC[C@@H]1CCCCN1Cc1cc2ccc(Cl)cc2[nH]c1=O. The Kier molecular flexibility index (Phi) is 5.36. The van der Waals surface area contributed by atoms with Crippen LogP contribution in [0.5, 0.6) is 0 Å². The molecule has 1 aromatic heterocycles. The zero-order chi connectivity index (χ0) is 16.2. The van der Waals surface area contributed by atoms with Crippen molar-refractivity contribution in [3.05, 3.63) is 45.2 Å². The summed E-state index contributed by atoms with van der Waals surface area (Å²) in [6, 6.07) is 8.10. The summed E-state index contributed by atoms with van der Waals surface area (Å²) < 4.78 is 5.23. The van der Waals surface area contributed by atoms with Crippen LogP contribution in [0.3, 0.4) is 0 Å². The molecule has 0 spiro atoms. The number of halogens is 1. The third-order valence-electron chi connectivity index (χ3n) is 4.66. The summed E-state index contributed by atoms with van der Waals surface area (Å²) in [5.41, 5.74) is 1.60. The minimum Gasteiger partial charge on any atom is -0.385 e. The fourth-order valence-electron chi connectivity index (χ4n) is 3.40. The van der Waals surface area contributed by atoms with E-state index in [0.717, 1.165) is 36.0 Å². The number of pyridine rings is 1. The largest absolute Gasteiger partial charge is 0.385 e. The summed E-state index contributed by atoms with van der Waals surface area (Å²) in [5, 5.41) is 1.66. The number of rotatable bonds is 5. The molecule has 1 fully saturated rings. The van der Waals surface area contributed by atoms with Crippen molar-refractivity contribution in [3.8, 4) is 0 Å². The number of hydrogen-bond acceptors (Lipinski definition) is 3. The van der Waals surface area contributed by atoms with Crippen molar-refractivity contribution in [2.24, 2.45) is 0 Å². The Labute approximate surface area is 141 Å². The predicted octanol–water partition coefficient (Wildman–Crippen LogP) is 3.57. The van der Waals surface area contributed by atoms with Gasteiger partial charge >= 0.3 is 0 Å². The van der Waals surface area contributed by atoms with Crippen molar-refractivity contribution in [2.75, 3.05) is 20.3 Å². The number of ether oxygens (including phenoxy) is 1. The van der Waals surface area contributed by atoms with E-state index in [2.05, 4.69) is 9.88 Å². The molecule has 0 unspecified atom stereocenters. The van der Waals surface area contributed by atoms with E-state index in [9.17, 15) is 4.79 Å². The van der Waals surface area contributed by atoms with Gasteiger partial charge in [0.2, 0.25) is 0 Å². The molecule has 23 heavy (non-hydrogen) atoms. The van der Waals surface area contributed by atoms with Crippen LogP contribution in [0.15, 0.2) is 29.1 Å². The standard InChI is InChI=1S/C18H23ClN2O2/c1-23-9-7-16-4-2-3-8-21(16)12-14-10-13-5-6-15(19)11-17(13)20-18(14)22/h5-6,10-11,16H,2-4,7-9,12H2,1H3,(H,20,22)/t16-/m0/s1. The van der Waals surface area contributed by atoms with Gasteiger partial charge in [-0.15, -0.1) is 0 Å². The van der Waals surface area contributed by atoms with Gasteiger partial charge in [-0.2, -0.15) is 0 Å². The van der Waals surface area contributed by atoms with Gasteiger partial charge in [-0.3, -0.25) is 9.69 Å². The van der Waals surface area contributed by atoms with Crippen LogP contribution >= 0.6 is 11.6 Å². The number of likely N-dealkylation sites (tertiary alicyclic amines) is 1. The third-order valence-corrected chi connectivity index (χ3v) is 4.90. The van der Waals surface area contributed by atoms with Crippen molar-refractivity contribution >= 4 is 22.5 Å². The number of aromatic amines is 1. The summed E-state index contributed by atoms with van der Waals surface area (Å²) in [6.07, 6.45) is 4.67. The second kappa shape index (κ2) is 7.47. The summed E-state index contributed by atoms with van der Waals surface area (Å²) in [4.78, 5) is 17.8. The molecular formula is C18H23ClN2O2. The van der Waals surface area contributed by atoms with E-state index >= 15 is 0 Å². The van der Waals surface area contributed by atoms with Crippen LogP contribution in [-0.4, -0.2) is 36.2 Å². The molecule has 0 aliphatic carbocycles. The zero-order valence-corrected chi connectivity index (χ0v) is 14.2. The number of fused-ring (bicyclic) bond motifs is 1. The Hall–Kier alpha value is -1.36. The highest BCUT2D eigenvalue weighted by Gasteiger charge is 2.23. The number of piperidine rings is 1. The Balaban J connectivity index is 1.83. The van der Waals surface area contributed by atoms with E-state index in [0.29, 0.717) is 17.6 Å². The van der Waals surface area contributed by atoms with E-state index in [-0.39, 0.29) is 5.56 Å². The monoisotopic (exact) mass is 334 g/mol. The maximum atomic E-state index is 12.4. The Morgan fingerprint density at radius 1 is 1.35 bits per heavy atom. The first-order valence-electron chi connectivity index (χ1n) is 8.22. The first kappa shape index (κ1) is 16.5. The number of benzene rings is 1. The minimum absolute atomic E-state index is 0.0177. The second-order valence-electron chi connectivity index (χ2n) is 6.26. The fourth-order valence-corrected chi connectivity index (χ4v) is 3.58. The quantitative estimate of drug-likeness (QED) is 0.909. The molecule has 0 amide bonds. The van der Waals surface area contributed by atoms with Crippen molar-refractivity contribution in [3.63, 3.8) is 0 Å². The molecular weight excluding hydrogens is 312 g/mol. The van der Waals surface area contributed by atoms with Crippen molar-refractivity contribution in [2.45, 2.75) is 38.3 Å². The van der Waals surface area contributed by atoms with E-state index < -0.39 is 0 Å². The lowest BCUT2D eigenvalue weighted by molar-refractivity contribution is 0.0971. The maximum absolute atomic E-state index is 12.4. The molecule has 0 radical (unpaired) electrons. The van der Waals surface area contributed by atoms with Crippen LogP contribution in [-0.2, 0) is 11.3 Å². The van der Waals surface area contributed by atoms with Gasteiger partial charge in [-0.25, -0.2) is 0 Å². The van der Waals surface area contributed by atoms with Gasteiger partial charge in [0.05, 0.1) is 0 Å². The zero-order valence-electron chi connectivity index (χ0n) is 13.5. The first-order chi connectivity index (χ1) is 11.2. The highest BCUT2D eigenvalue weighted by atomic mass is 35.5. The topological polar surface area (TPSA) is 45.3 Å². The predicted molar refractivity (Wildman–Crippen MR) is 94.1 cm³/mol. The second-order valence-corrected chi connectivity index (χ2v) is 6.69. The summed E-state index contributed by atoms with van der Waals surface area (Å²) in [6.45, 7) is 2.52. The summed E-state index contributed by atoms with van der Waals surface area (Å²) in [7, 11) is 1.74. The lowest BCUT2D eigenvalue weighted by Crippen LogP contribution is -2.40. The van der Waals surface area contributed by atoms with Gasteiger partial charge in [0.25, 0.3) is 5.56 Å². The van der Waals surface area contributed by atoms with Crippen LogP contribution in [0.4, 0.5) is 0 Å². The highest BCUT2D eigenvalue weighted by Crippen LogP contribution is 2.22. The molecule has 0 bridgehead atoms. The van der Waals surface area contributed by atoms with Crippen LogP contribution in [0.25, 0.3) is 10.9 Å². The van der Waals surface area contributed by atoms with E-state index in [4.69, 9.17) is 16.3 Å². The van der Waals surface area contributed by atoms with Crippen molar-refractivity contribution in [1.82, 2.24) is 9.88 Å². The molecule has 3 rings (SSSR count). The third kappa shape index (κ3) is 3.94. The molecule has 1 saturated heterocycles. The summed E-state index contributed by atoms with van der Waals surface area (Å²) in [5.74, 6) is 0. The molecule has 2 aromatic rings. The van der Waals surface area contributed by atoms with Gasteiger partial charge in [0, 0.05) is 42.4 Å². The highest BCUT2D eigenvalue weighted by molar-refractivity contribution is 6.31. The molecule has 1 aliphatic rings. The fraction of sp³-hybridized carbons (Fsp3) is 0.500. The Bertz CT molecular complexity index is 729. The first-order valence-corrected chi connectivity index (χ1v) is 8.59. The van der Waals surface area contributed by atoms with Crippen molar-refractivity contribution < 1.29 is 4.74 Å². The van der Waals surface area contributed by atoms with Crippen molar-refractivity contribution in [1.29, 1.82) is 0 Å².